The molecule has 29 heavy (non-hydrogen) atoms. The molecule has 1 heterocycles. The van der Waals surface area contributed by atoms with Gasteiger partial charge in [-0.3, -0.25) is 19.7 Å². The molecule has 0 saturated heterocycles. The van der Waals surface area contributed by atoms with E-state index in [-0.39, 0.29) is 22.0 Å². The number of primary amides is 1. The van der Waals surface area contributed by atoms with Gasteiger partial charge in [-0.1, -0.05) is 35.9 Å². The van der Waals surface area contributed by atoms with Gasteiger partial charge in [0.25, 0.3) is 17.5 Å². The molecule has 3 aromatic rings. The van der Waals surface area contributed by atoms with Gasteiger partial charge in [-0.25, -0.2) is 5.43 Å². The first-order valence-corrected chi connectivity index (χ1v) is 9.00. The third-order valence-corrected chi connectivity index (χ3v) is 5.06. The van der Waals surface area contributed by atoms with Crippen LogP contribution in [-0.4, -0.2) is 26.6 Å². The lowest BCUT2D eigenvalue weighted by atomic mass is 9.89. The predicted molar refractivity (Wildman–Crippen MR) is 105 cm³/mol. The molecule has 0 bridgehead atoms. The number of nitrogens with one attached hydrogen (secondary N) is 1. The van der Waals surface area contributed by atoms with Crippen molar-refractivity contribution in [1.29, 1.82) is 0 Å². The quantitative estimate of drug-likeness (QED) is 0.503. The fourth-order valence-electron chi connectivity index (χ4n) is 3.43. The van der Waals surface area contributed by atoms with Crippen LogP contribution in [-0.2, 0) is 12.8 Å². The van der Waals surface area contributed by atoms with Gasteiger partial charge in [0, 0.05) is 23.3 Å². The van der Waals surface area contributed by atoms with Crippen LogP contribution in [0.15, 0.2) is 42.5 Å². The summed E-state index contributed by atoms with van der Waals surface area (Å²) in [6, 6.07) is 11.1. The summed E-state index contributed by atoms with van der Waals surface area (Å²) in [5, 5.41) is 15.0. The fraction of sp³-hybridized carbons (Fsp3) is 0.105. The number of benzene rings is 2. The van der Waals surface area contributed by atoms with Crippen molar-refractivity contribution in [3.8, 4) is 11.3 Å². The number of aromatic nitrogens is 2. The summed E-state index contributed by atoms with van der Waals surface area (Å²) in [6.07, 6.45) is 1.27. The number of aryl methyl sites for hydroxylation is 1. The third-order valence-electron chi connectivity index (χ3n) is 4.75. The van der Waals surface area contributed by atoms with Gasteiger partial charge in [-0.05, 0) is 24.5 Å². The minimum Gasteiger partial charge on any atom is -0.364 e. The Bertz CT molecular complexity index is 1190. The average molecular weight is 412 g/mol. The number of non-ortho nitro benzene ring substituents is 1. The number of carbonyl (C=O) groups excluding carboxylic acids is 2. The summed E-state index contributed by atoms with van der Waals surface area (Å²) in [7, 11) is 0. The lowest BCUT2D eigenvalue weighted by Crippen LogP contribution is -2.26. The molecule has 0 atom stereocenters. The van der Waals surface area contributed by atoms with Crippen molar-refractivity contribution >= 4 is 29.1 Å². The van der Waals surface area contributed by atoms with E-state index in [0.717, 1.165) is 23.6 Å². The summed E-state index contributed by atoms with van der Waals surface area (Å²) >= 11 is 6.05. The Hall–Kier alpha value is -3.72. The highest BCUT2D eigenvalue weighted by molar-refractivity contribution is 6.34. The number of hydrogen-bond donors (Lipinski definition) is 2. The zero-order valence-electron chi connectivity index (χ0n) is 14.9. The molecule has 0 fully saturated rings. The van der Waals surface area contributed by atoms with Crippen LogP contribution in [0.4, 0.5) is 5.69 Å². The van der Waals surface area contributed by atoms with Crippen LogP contribution < -0.4 is 11.2 Å². The number of nitro groups is 1. The van der Waals surface area contributed by atoms with Crippen LogP contribution in [0.2, 0.25) is 5.02 Å². The average Bonchev–Trinajstić information content (AvgIpc) is 3.07. The van der Waals surface area contributed by atoms with Crippen LogP contribution in [0.3, 0.4) is 0 Å². The van der Waals surface area contributed by atoms with Gasteiger partial charge in [-0.15, -0.1) is 5.10 Å². The second kappa shape index (κ2) is 7.02. The number of nitrogens with two attached hydrogens (primary N) is 1. The molecule has 1 aromatic heterocycles. The Kier molecular flexibility index (Phi) is 4.51. The van der Waals surface area contributed by atoms with Crippen molar-refractivity contribution < 1.29 is 14.5 Å². The molecule has 0 radical (unpaired) electrons. The van der Waals surface area contributed by atoms with Gasteiger partial charge >= 0.3 is 0 Å². The molecule has 0 saturated carbocycles. The second-order valence-electron chi connectivity index (χ2n) is 6.47. The molecular formula is C19H14ClN5O4. The zero-order chi connectivity index (χ0) is 20.7. The van der Waals surface area contributed by atoms with Gasteiger partial charge in [0.2, 0.25) is 0 Å². The minimum atomic E-state index is -0.693. The number of hydrogen-bond acceptors (Lipinski definition) is 5. The first-order valence-electron chi connectivity index (χ1n) is 8.62. The van der Waals surface area contributed by atoms with Crippen LogP contribution >= 0.6 is 11.6 Å². The topological polar surface area (TPSA) is 133 Å². The molecule has 0 unspecified atom stereocenters. The minimum absolute atomic E-state index is 0.0336. The van der Waals surface area contributed by atoms with Crippen molar-refractivity contribution in [2.75, 3.05) is 5.43 Å². The largest absolute Gasteiger partial charge is 0.364 e. The standard InChI is InChI=1S/C19H14ClN5O4/c20-15-9-11(25(28)29)6-8-13(15)19(27)23-24-17-12-4-2-1-3-10(12)5-7-14(17)16(22-24)18(21)26/h1-4,6,8-9H,5,7H2,(H2,21,26)(H,23,27). The summed E-state index contributed by atoms with van der Waals surface area (Å²) in [6.45, 7) is 0. The molecule has 0 aliphatic heterocycles. The van der Waals surface area contributed by atoms with Crippen molar-refractivity contribution in [2.45, 2.75) is 12.8 Å². The molecule has 10 heteroatoms. The molecule has 4 rings (SSSR count). The molecule has 2 aromatic carbocycles. The monoisotopic (exact) mass is 411 g/mol. The number of nitro benzene ring substituents is 1. The lowest BCUT2D eigenvalue weighted by molar-refractivity contribution is -0.384. The van der Waals surface area contributed by atoms with Gasteiger partial charge in [0.05, 0.1) is 21.2 Å². The molecule has 1 aliphatic rings. The Labute approximate surface area is 169 Å². The van der Waals surface area contributed by atoms with Crippen molar-refractivity contribution in [3.63, 3.8) is 0 Å². The molecule has 2 amide bonds. The number of halogens is 1. The first-order chi connectivity index (χ1) is 13.9. The van der Waals surface area contributed by atoms with Gasteiger partial charge in [0.15, 0.2) is 5.69 Å². The van der Waals surface area contributed by atoms with Gasteiger partial charge in [-0.2, -0.15) is 4.79 Å². The maximum Gasteiger partial charge on any atom is 0.272 e. The number of rotatable bonds is 4. The molecule has 9 nitrogen and oxygen atoms in total. The van der Waals surface area contributed by atoms with Crippen LogP contribution in [0.1, 0.15) is 32.0 Å². The highest BCUT2D eigenvalue weighted by atomic mass is 35.5. The Balaban J connectivity index is 1.76. The first kappa shape index (κ1) is 18.6. The van der Waals surface area contributed by atoms with Gasteiger partial charge < -0.3 is 5.73 Å². The maximum absolute atomic E-state index is 12.8. The molecule has 1 aliphatic carbocycles. The van der Waals surface area contributed by atoms with Crippen LogP contribution in [0, 0.1) is 10.1 Å². The molecule has 3 N–H and O–H groups in total. The van der Waals surface area contributed by atoms with Crippen molar-refractivity contribution in [3.05, 3.63) is 80.0 Å². The van der Waals surface area contributed by atoms with E-state index in [0.29, 0.717) is 17.7 Å². The van der Waals surface area contributed by atoms with Crippen LogP contribution in [0.5, 0.6) is 0 Å². The van der Waals surface area contributed by atoms with E-state index in [1.54, 1.807) is 0 Å². The van der Waals surface area contributed by atoms with Crippen molar-refractivity contribution in [1.82, 2.24) is 9.89 Å². The van der Waals surface area contributed by atoms with E-state index in [1.807, 2.05) is 24.3 Å². The summed E-state index contributed by atoms with van der Waals surface area (Å²) in [5.74, 6) is -1.32. The highest BCUT2D eigenvalue weighted by Crippen LogP contribution is 2.35. The molecule has 0 spiro atoms. The third kappa shape index (κ3) is 3.21. The SMILES string of the molecule is NC(=O)c1nn(NC(=O)c2ccc([N+](=O)[O-])cc2Cl)c2c1CCc1ccccc1-2. The summed E-state index contributed by atoms with van der Waals surface area (Å²) in [4.78, 5) is 36.1. The smallest absolute Gasteiger partial charge is 0.272 e. The van der Waals surface area contributed by atoms with E-state index in [4.69, 9.17) is 17.3 Å². The van der Waals surface area contributed by atoms with E-state index in [1.165, 1.54) is 16.9 Å². The fourth-order valence-corrected chi connectivity index (χ4v) is 3.69. The number of carbonyl (C=O) groups is 2. The Morgan fingerprint density at radius 1 is 1.21 bits per heavy atom. The Morgan fingerprint density at radius 3 is 2.66 bits per heavy atom. The van der Waals surface area contributed by atoms with E-state index in [9.17, 15) is 19.7 Å². The molecule has 146 valence electrons. The molecular weight excluding hydrogens is 398 g/mol. The van der Waals surface area contributed by atoms with E-state index < -0.39 is 16.7 Å². The van der Waals surface area contributed by atoms with E-state index in [2.05, 4.69) is 10.5 Å². The lowest BCUT2D eigenvalue weighted by Gasteiger charge is -2.18. The number of nitrogens with zero attached hydrogens (tertiary/aromatic N) is 3. The number of amides is 2. The highest BCUT2D eigenvalue weighted by Gasteiger charge is 2.28. The van der Waals surface area contributed by atoms with Crippen LogP contribution in [0.25, 0.3) is 11.3 Å². The summed E-state index contributed by atoms with van der Waals surface area (Å²) in [5.41, 5.74) is 11.1. The van der Waals surface area contributed by atoms with E-state index >= 15 is 0 Å². The predicted octanol–water partition coefficient (Wildman–Crippen LogP) is 2.69. The Morgan fingerprint density at radius 2 is 1.97 bits per heavy atom. The summed E-state index contributed by atoms with van der Waals surface area (Å²) < 4.78 is 0. The van der Waals surface area contributed by atoms with Gasteiger partial charge in [0.1, 0.15) is 0 Å². The normalized spacial score (nSPS) is 12.0. The van der Waals surface area contributed by atoms with Crippen molar-refractivity contribution in [2.24, 2.45) is 5.73 Å². The maximum atomic E-state index is 12.8. The zero-order valence-corrected chi connectivity index (χ0v) is 15.6. The second-order valence-corrected chi connectivity index (χ2v) is 6.88. The number of fused-ring (bicyclic) bond motifs is 3.